The summed E-state index contributed by atoms with van der Waals surface area (Å²) in [6.07, 6.45) is -0.420. The number of ether oxygens (including phenoxy) is 1. The van der Waals surface area contributed by atoms with Crippen LogP contribution < -0.4 is 5.32 Å². The number of nitrogens with one attached hydrogen (secondary N) is 1. The van der Waals surface area contributed by atoms with Crippen molar-refractivity contribution < 1.29 is 17.9 Å². The molecule has 1 saturated carbocycles. The molecule has 2 atom stereocenters. The van der Waals surface area contributed by atoms with Gasteiger partial charge in [0, 0.05) is 19.1 Å². The molecule has 0 saturated heterocycles. The maximum absolute atomic E-state index is 11.9. The Hall–Kier alpha value is -0.290. The highest BCUT2D eigenvalue weighted by Gasteiger charge is 2.27. The maximum Gasteiger partial charge on any atom is 0.389 e. The van der Waals surface area contributed by atoms with Crippen molar-refractivity contribution >= 4 is 0 Å². The first-order valence-electron chi connectivity index (χ1n) is 6.43. The van der Waals surface area contributed by atoms with E-state index in [1.54, 1.807) is 0 Å². The number of halogens is 3. The monoisotopic (exact) mass is 253 g/mol. The molecule has 2 nitrogen and oxygen atoms in total. The minimum Gasteiger partial charge on any atom is -0.378 e. The smallest absolute Gasteiger partial charge is 0.378 e. The number of rotatable bonds is 6. The maximum atomic E-state index is 11.9. The minimum atomic E-state index is -4.05. The largest absolute Gasteiger partial charge is 0.389 e. The van der Waals surface area contributed by atoms with E-state index in [4.69, 9.17) is 4.74 Å². The molecule has 0 bridgehead atoms. The lowest BCUT2D eigenvalue weighted by molar-refractivity contribution is -0.139. The summed E-state index contributed by atoms with van der Waals surface area (Å²) in [5, 5.41) is 3.37. The van der Waals surface area contributed by atoms with Crippen molar-refractivity contribution in [3.05, 3.63) is 0 Å². The molecule has 5 heteroatoms. The van der Waals surface area contributed by atoms with Crippen LogP contribution in [0.4, 0.5) is 13.2 Å². The van der Waals surface area contributed by atoms with E-state index in [1.807, 2.05) is 0 Å². The van der Waals surface area contributed by atoms with Gasteiger partial charge in [0.2, 0.25) is 0 Å². The fourth-order valence-electron chi connectivity index (χ4n) is 2.29. The van der Waals surface area contributed by atoms with Crippen LogP contribution in [0.3, 0.4) is 0 Å². The SMILES string of the molecule is CCNC1CCCC(OCCCC(F)(F)F)C1. The number of hydrogen-bond acceptors (Lipinski definition) is 2. The average Bonchev–Trinajstić information content (AvgIpc) is 2.24. The molecule has 1 N–H and O–H groups in total. The summed E-state index contributed by atoms with van der Waals surface area (Å²) >= 11 is 0. The third-order valence-corrected chi connectivity index (χ3v) is 3.08. The lowest BCUT2D eigenvalue weighted by atomic mass is 9.93. The molecule has 0 radical (unpaired) electrons. The summed E-state index contributed by atoms with van der Waals surface area (Å²) in [5.41, 5.74) is 0. The van der Waals surface area contributed by atoms with E-state index in [2.05, 4.69) is 12.2 Å². The zero-order chi connectivity index (χ0) is 12.7. The summed E-state index contributed by atoms with van der Waals surface area (Å²) in [4.78, 5) is 0. The average molecular weight is 253 g/mol. The van der Waals surface area contributed by atoms with Crippen LogP contribution in [-0.2, 0) is 4.74 Å². The van der Waals surface area contributed by atoms with Gasteiger partial charge in [-0.3, -0.25) is 0 Å². The molecule has 102 valence electrons. The Balaban J connectivity index is 2.10. The first-order chi connectivity index (χ1) is 8.01. The van der Waals surface area contributed by atoms with Crippen LogP contribution in [0.2, 0.25) is 0 Å². The molecule has 1 fully saturated rings. The molecular formula is C12H22F3NO. The fraction of sp³-hybridized carbons (Fsp3) is 1.00. The lowest BCUT2D eigenvalue weighted by Crippen LogP contribution is -2.37. The molecule has 17 heavy (non-hydrogen) atoms. The van der Waals surface area contributed by atoms with E-state index in [1.165, 1.54) is 0 Å². The molecule has 0 aliphatic heterocycles. The second-order valence-electron chi connectivity index (χ2n) is 4.63. The number of hydrogen-bond donors (Lipinski definition) is 1. The second-order valence-corrected chi connectivity index (χ2v) is 4.63. The molecule has 0 aromatic heterocycles. The van der Waals surface area contributed by atoms with Gasteiger partial charge >= 0.3 is 6.18 Å². The van der Waals surface area contributed by atoms with Crippen molar-refractivity contribution in [1.29, 1.82) is 0 Å². The van der Waals surface area contributed by atoms with Crippen LogP contribution in [0, 0.1) is 0 Å². The topological polar surface area (TPSA) is 21.3 Å². The molecule has 2 unspecified atom stereocenters. The third-order valence-electron chi connectivity index (χ3n) is 3.08. The standard InChI is InChI=1S/C12H22F3NO/c1-2-16-10-5-3-6-11(9-10)17-8-4-7-12(13,14)15/h10-11,16H,2-9H2,1H3. The normalized spacial score (nSPS) is 26.1. The van der Waals surface area contributed by atoms with Crippen molar-refractivity contribution in [1.82, 2.24) is 5.32 Å². The van der Waals surface area contributed by atoms with Crippen LogP contribution in [0.1, 0.15) is 45.4 Å². The van der Waals surface area contributed by atoms with Gasteiger partial charge in [-0.05, 0) is 38.6 Å². The summed E-state index contributed by atoms with van der Waals surface area (Å²) < 4.78 is 41.3. The molecule has 1 aliphatic rings. The Morgan fingerprint density at radius 3 is 2.71 bits per heavy atom. The molecule has 0 amide bonds. The highest BCUT2D eigenvalue weighted by Crippen LogP contribution is 2.24. The fourth-order valence-corrected chi connectivity index (χ4v) is 2.29. The van der Waals surface area contributed by atoms with Gasteiger partial charge in [-0.15, -0.1) is 0 Å². The van der Waals surface area contributed by atoms with Gasteiger partial charge in [-0.25, -0.2) is 0 Å². The van der Waals surface area contributed by atoms with E-state index in [0.717, 1.165) is 32.2 Å². The van der Waals surface area contributed by atoms with E-state index >= 15 is 0 Å². The van der Waals surface area contributed by atoms with Crippen LogP contribution in [-0.4, -0.2) is 31.5 Å². The highest BCUT2D eigenvalue weighted by molar-refractivity contribution is 4.77. The van der Waals surface area contributed by atoms with Gasteiger partial charge in [0.1, 0.15) is 0 Å². The molecule has 0 aromatic rings. The van der Waals surface area contributed by atoms with E-state index in [0.29, 0.717) is 6.04 Å². The van der Waals surface area contributed by atoms with Crippen molar-refractivity contribution in [2.24, 2.45) is 0 Å². The van der Waals surface area contributed by atoms with Gasteiger partial charge in [0.15, 0.2) is 0 Å². The zero-order valence-corrected chi connectivity index (χ0v) is 10.4. The quantitative estimate of drug-likeness (QED) is 0.734. The first-order valence-corrected chi connectivity index (χ1v) is 6.43. The van der Waals surface area contributed by atoms with Crippen LogP contribution in [0.15, 0.2) is 0 Å². The second kappa shape index (κ2) is 7.21. The predicted octanol–water partition coefficient (Wildman–Crippen LogP) is 3.27. The van der Waals surface area contributed by atoms with Gasteiger partial charge in [0.25, 0.3) is 0 Å². The van der Waals surface area contributed by atoms with Gasteiger partial charge < -0.3 is 10.1 Å². The Labute approximate surface area is 101 Å². The van der Waals surface area contributed by atoms with Crippen molar-refractivity contribution in [3.8, 4) is 0 Å². The molecule has 0 spiro atoms. The molecule has 0 heterocycles. The van der Waals surface area contributed by atoms with Crippen molar-refractivity contribution in [2.75, 3.05) is 13.2 Å². The van der Waals surface area contributed by atoms with Crippen LogP contribution >= 0.6 is 0 Å². The third kappa shape index (κ3) is 6.88. The Morgan fingerprint density at radius 2 is 2.06 bits per heavy atom. The van der Waals surface area contributed by atoms with Gasteiger partial charge in [-0.1, -0.05) is 6.92 Å². The Bertz CT molecular complexity index is 206. The molecule has 1 aliphatic carbocycles. The van der Waals surface area contributed by atoms with E-state index in [-0.39, 0.29) is 19.1 Å². The predicted molar refractivity (Wildman–Crippen MR) is 61.0 cm³/mol. The molecular weight excluding hydrogens is 231 g/mol. The molecule has 1 rings (SSSR count). The lowest BCUT2D eigenvalue weighted by Gasteiger charge is -2.29. The van der Waals surface area contributed by atoms with Crippen molar-refractivity contribution in [3.63, 3.8) is 0 Å². The van der Waals surface area contributed by atoms with Crippen LogP contribution in [0.25, 0.3) is 0 Å². The van der Waals surface area contributed by atoms with Crippen molar-refractivity contribution in [2.45, 2.75) is 63.8 Å². The van der Waals surface area contributed by atoms with Gasteiger partial charge in [-0.2, -0.15) is 13.2 Å². The Morgan fingerprint density at radius 1 is 1.29 bits per heavy atom. The van der Waals surface area contributed by atoms with E-state index < -0.39 is 12.6 Å². The van der Waals surface area contributed by atoms with E-state index in [9.17, 15) is 13.2 Å². The minimum absolute atomic E-state index is 0.0753. The van der Waals surface area contributed by atoms with Crippen LogP contribution in [0.5, 0.6) is 0 Å². The first kappa shape index (κ1) is 14.8. The van der Waals surface area contributed by atoms with Gasteiger partial charge in [0.05, 0.1) is 6.10 Å². The highest BCUT2D eigenvalue weighted by atomic mass is 19.4. The summed E-state index contributed by atoms with van der Waals surface area (Å²) in [5.74, 6) is 0. The zero-order valence-electron chi connectivity index (χ0n) is 10.4. The Kier molecular flexibility index (Phi) is 6.27. The summed E-state index contributed by atoms with van der Waals surface area (Å²) in [7, 11) is 0. The summed E-state index contributed by atoms with van der Waals surface area (Å²) in [6, 6.07) is 0.473. The molecule has 0 aromatic carbocycles. The number of alkyl halides is 3. The summed E-state index contributed by atoms with van der Waals surface area (Å²) in [6.45, 7) is 3.22.